The minimum Gasteiger partial charge on any atom is -0.369 e. The van der Waals surface area contributed by atoms with Gasteiger partial charge < -0.3 is 9.80 Å². The molecule has 1 aliphatic heterocycles. The summed E-state index contributed by atoms with van der Waals surface area (Å²) in [5.41, 5.74) is 3.73. The molecule has 29 heavy (non-hydrogen) atoms. The van der Waals surface area contributed by atoms with E-state index in [1.807, 2.05) is 12.1 Å². The first kappa shape index (κ1) is 21.5. The molecule has 0 spiro atoms. The maximum Gasteiger partial charge on any atom is 0.189 e. The lowest BCUT2D eigenvalue weighted by Crippen LogP contribution is -2.46. The molecule has 3 nitrogen and oxygen atoms in total. The van der Waals surface area contributed by atoms with E-state index >= 15 is 0 Å². The number of hydrogen-bond donors (Lipinski definition) is 0. The second-order valence-electron chi connectivity index (χ2n) is 7.43. The highest BCUT2D eigenvalue weighted by atomic mass is 35.5. The Morgan fingerprint density at radius 3 is 2.45 bits per heavy atom. The van der Waals surface area contributed by atoms with E-state index in [2.05, 4.69) is 22.8 Å². The Balaban J connectivity index is 0.00000240. The highest BCUT2D eigenvalue weighted by Gasteiger charge is 2.24. The van der Waals surface area contributed by atoms with Gasteiger partial charge in [-0.2, -0.15) is 0 Å². The normalized spacial score (nSPS) is 18.5. The van der Waals surface area contributed by atoms with Gasteiger partial charge in [0.2, 0.25) is 0 Å². The first-order chi connectivity index (χ1) is 13.5. The van der Waals surface area contributed by atoms with Crippen LogP contribution in [0.15, 0.2) is 42.0 Å². The molecule has 0 bridgehead atoms. The summed E-state index contributed by atoms with van der Waals surface area (Å²) in [4.78, 5) is 17.7. The molecule has 0 unspecified atom stereocenters. The number of aryl methyl sites for hydroxylation is 1. The van der Waals surface area contributed by atoms with Crippen LogP contribution in [-0.4, -0.2) is 43.4 Å². The van der Waals surface area contributed by atoms with Crippen molar-refractivity contribution < 1.29 is 13.6 Å². The van der Waals surface area contributed by atoms with E-state index in [0.717, 1.165) is 50.8 Å². The standard InChI is InChI=1S/C23H24F2N2O.ClH/c1-2-26-9-11-27(12-10-26)20-7-8-21-16(14-20)3-4-18(23(21)28)13-17-5-6-19(24)15-22(17)25;/h5-8,13-15H,2-4,9-12H2,1H3;1H/b18-13+;. The summed E-state index contributed by atoms with van der Waals surface area (Å²) in [6.07, 6.45) is 2.87. The van der Waals surface area contributed by atoms with Crippen LogP contribution in [0.5, 0.6) is 0 Å². The lowest BCUT2D eigenvalue weighted by molar-refractivity contribution is 0.102. The first-order valence-corrected chi connectivity index (χ1v) is 9.85. The summed E-state index contributed by atoms with van der Waals surface area (Å²) in [5, 5.41) is 0. The zero-order valence-electron chi connectivity index (χ0n) is 16.5. The number of nitrogens with zero attached hydrogens (tertiary/aromatic N) is 2. The molecule has 1 fully saturated rings. The van der Waals surface area contributed by atoms with Crippen molar-refractivity contribution in [1.29, 1.82) is 0 Å². The van der Waals surface area contributed by atoms with Gasteiger partial charge in [-0.05, 0) is 61.4 Å². The van der Waals surface area contributed by atoms with E-state index < -0.39 is 11.6 Å². The average molecular weight is 419 g/mol. The van der Waals surface area contributed by atoms with Crippen LogP contribution in [0.1, 0.15) is 34.8 Å². The van der Waals surface area contributed by atoms with Crippen molar-refractivity contribution in [2.45, 2.75) is 19.8 Å². The fourth-order valence-electron chi connectivity index (χ4n) is 4.03. The SMILES string of the molecule is CCN1CCN(c2ccc3c(c2)CC/C(=C\c2ccc(F)cc2F)C3=O)CC1.Cl. The molecule has 0 aromatic heterocycles. The van der Waals surface area contributed by atoms with Crippen molar-refractivity contribution in [3.05, 3.63) is 70.3 Å². The molecule has 2 aliphatic rings. The van der Waals surface area contributed by atoms with Crippen molar-refractivity contribution in [3.8, 4) is 0 Å². The van der Waals surface area contributed by atoms with Gasteiger partial charge in [0.15, 0.2) is 5.78 Å². The zero-order chi connectivity index (χ0) is 19.7. The maximum atomic E-state index is 13.9. The van der Waals surface area contributed by atoms with Gasteiger partial charge in [0.1, 0.15) is 11.6 Å². The Bertz CT molecular complexity index is 936. The van der Waals surface area contributed by atoms with E-state index in [4.69, 9.17) is 0 Å². The van der Waals surface area contributed by atoms with Gasteiger partial charge in [-0.15, -0.1) is 12.4 Å². The average Bonchev–Trinajstić information content (AvgIpc) is 2.71. The summed E-state index contributed by atoms with van der Waals surface area (Å²) in [6, 6.07) is 9.47. The van der Waals surface area contributed by atoms with E-state index in [9.17, 15) is 13.6 Å². The number of carbonyl (C=O) groups excluding carboxylic acids is 1. The summed E-state index contributed by atoms with van der Waals surface area (Å²) >= 11 is 0. The number of likely N-dealkylation sites (N-methyl/N-ethyl adjacent to an activating group) is 1. The summed E-state index contributed by atoms with van der Waals surface area (Å²) in [6.45, 7) is 7.37. The van der Waals surface area contributed by atoms with Crippen LogP contribution in [0.4, 0.5) is 14.5 Å². The summed E-state index contributed by atoms with van der Waals surface area (Å²) < 4.78 is 27.0. The Hall–Kier alpha value is -2.24. The second-order valence-corrected chi connectivity index (χ2v) is 7.43. The van der Waals surface area contributed by atoms with Crippen molar-refractivity contribution in [3.63, 3.8) is 0 Å². The molecule has 0 saturated carbocycles. The Morgan fingerprint density at radius 2 is 1.76 bits per heavy atom. The van der Waals surface area contributed by atoms with Gasteiger partial charge in [-0.1, -0.05) is 6.92 Å². The number of benzene rings is 2. The van der Waals surface area contributed by atoms with Gasteiger partial charge in [-0.3, -0.25) is 4.79 Å². The second kappa shape index (κ2) is 9.06. The number of rotatable bonds is 3. The Kier molecular flexibility index (Phi) is 6.70. The third kappa shape index (κ3) is 4.51. The molecule has 6 heteroatoms. The molecule has 1 aliphatic carbocycles. The van der Waals surface area contributed by atoms with Gasteiger partial charge in [0, 0.05) is 54.6 Å². The third-order valence-electron chi connectivity index (χ3n) is 5.77. The topological polar surface area (TPSA) is 23.6 Å². The number of ketones is 1. The predicted octanol–water partition coefficient (Wildman–Crippen LogP) is 4.74. The van der Waals surface area contributed by atoms with Crippen molar-refractivity contribution in [2.75, 3.05) is 37.6 Å². The van der Waals surface area contributed by atoms with Crippen LogP contribution in [0, 0.1) is 11.6 Å². The van der Waals surface area contributed by atoms with E-state index in [1.165, 1.54) is 17.8 Å². The molecule has 0 amide bonds. The number of anilines is 1. The fraction of sp³-hybridized carbons (Fsp3) is 0.348. The number of carbonyl (C=O) groups is 1. The van der Waals surface area contributed by atoms with Crippen LogP contribution >= 0.6 is 12.4 Å². The van der Waals surface area contributed by atoms with Crippen LogP contribution in [0.2, 0.25) is 0 Å². The van der Waals surface area contributed by atoms with Crippen LogP contribution in [0.25, 0.3) is 6.08 Å². The molecule has 1 saturated heterocycles. The molecule has 2 aromatic rings. The molecule has 4 rings (SSSR count). The maximum absolute atomic E-state index is 13.9. The third-order valence-corrected chi connectivity index (χ3v) is 5.77. The quantitative estimate of drug-likeness (QED) is 0.672. The highest BCUT2D eigenvalue weighted by molar-refractivity contribution is 6.13. The number of Topliss-reactive ketones (excluding diaryl/α,β-unsaturated/α-hetero) is 1. The van der Waals surface area contributed by atoms with E-state index in [0.29, 0.717) is 17.6 Å². The van der Waals surface area contributed by atoms with Gasteiger partial charge in [0.05, 0.1) is 0 Å². The van der Waals surface area contributed by atoms with Gasteiger partial charge in [0.25, 0.3) is 0 Å². The fourth-order valence-corrected chi connectivity index (χ4v) is 4.03. The molecular weight excluding hydrogens is 394 g/mol. The van der Waals surface area contributed by atoms with Crippen LogP contribution < -0.4 is 4.90 Å². The van der Waals surface area contributed by atoms with Gasteiger partial charge in [-0.25, -0.2) is 8.78 Å². The van der Waals surface area contributed by atoms with Crippen molar-refractivity contribution >= 4 is 30.0 Å². The summed E-state index contributed by atoms with van der Waals surface area (Å²) in [7, 11) is 0. The monoisotopic (exact) mass is 418 g/mol. The number of allylic oxidation sites excluding steroid dienone is 1. The smallest absolute Gasteiger partial charge is 0.189 e. The number of hydrogen-bond acceptors (Lipinski definition) is 3. The lowest BCUT2D eigenvalue weighted by atomic mass is 9.85. The van der Waals surface area contributed by atoms with Gasteiger partial charge >= 0.3 is 0 Å². The molecule has 0 N–H and O–H groups in total. The number of piperazine rings is 1. The van der Waals surface area contributed by atoms with Crippen molar-refractivity contribution in [2.24, 2.45) is 0 Å². The Morgan fingerprint density at radius 1 is 1.00 bits per heavy atom. The zero-order valence-corrected chi connectivity index (χ0v) is 17.3. The molecule has 0 radical (unpaired) electrons. The molecule has 1 heterocycles. The Labute approximate surface area is 176 Å². The number of halogens is 3. The molecule has 2 aromatic carbocycles. The highest BCUT2D eigenvalue weighted by Crippen LogP contribution is 2.30. The number of fused-ring (bicyclic) bond motifs is 1. The minimum atomic E-state index is -0.646. The molecule has 154 valence electrons. The van der Waals surface area contributed by atoms with E-state index in [-0.39, 0.29) is 23.8 Å². The van der Waals surface area contributed by atoms with Crippen LogP contribution in [0.3, 0.4) is 0 Å². The summed E-state index contributed by atoms with van der Waals surface area (Å²) in [5.74, 6) is -1.33. The van der Waals surface area contributed by atoms with Crippen LogP contribution in [-0.2, 0) is 6.42 Å². The largest absolute Gasteiger partial charge is 0.369 e. The molecule has 0 atom stereocenters. The van der Waals surface area contributed by atoms with Crippen molar-refractivity contribution in [1.82, 2.24) is 4.90 Å². The lowest BCUT2D eigenvalue weighted by Gasteiger charge is -2.36. The van der Waals surface area contributed by atoms with E-state index in [1.54, 1.807) is 6.08 Å². The molecular formula is C23H25ClF2N2O. The first-order valence-electron chi connectivity index (χ1n) is 9.85. The minimum absolute atomic E-state index is 0. The predicted molar refractivity (Wildman–Crippen MR) is 115 cm³/mol.